The molecule has 2 amide bonds. The lowest BCUT2D eigenvalue weighted by molar-refractivity contribution is -0.117. The van der Waals surface area contributed by atoms with Gasteiger partial charge in [-0.2, -0.15) is 0 Å². The first-order valence-corrected chi connectivity index (χ1v) is 11.4. The van der Waals surface area contributed by atoms with Gasteiger partial charge in [0.2, 0.25) is 5.91 Å². The highest BCUT2D eigenvalue weighted by molar-refractivity contribution is 5.98. The summed E-state index contributed by atoms with van der Waals surface area (Å²) < 4.78 is 0. The van der Waals surface area contributed by atoms with Crippen LogP contribution in [0, 0.1) is 5.92 Å². The van der Waals surface area contributed by atoms with Crippen LogP contribution in [-0.2, 0) is 10.2 Å². The minimum atomic E-state index is -0.132. The number of aromatic nitrogens is 1. The summed E-state index contributed by atoms with van der Waals surface area (Å²) in [4.78, 5) is 32.5. The van der Waals surface area contributed by atoms with Crippen molar-refractivity contribution in [1.82, 2.24) is 15.2 Å². The van der Waals surface area contributed by atoms with Crippen LogP contribution in [0.4, 0.5) is 5.69 Å². The number of rotatable bonds is 7. The predicted octanol–water partition coefficient (Wildman–Crippen LogP) is 3.54. The largest absolute Gasteiger partial charge is 0.351 e. The molecule has 3 aromatic rings. The molecule has 2 fully saturated rings. The molecule has 1 aliphatic carbocycles. The molecule has 1 atom stereocenters. The monoisotopic (exact) mass is 430 g/mol. The van der Waals surface area contributed by atoms with E-state index < -0.39 is 0 Å². The SMILES string of the molecule is CN(C)CC1(c2ccc(N3CC(CNC(=O)c4cc5ccccc5[nH]4)CC3=O)cc2)CC1. The molecule has 2 heterocycles. The summed E-state index contributed by atoms with van der Waals surface area (Å²) in [5, 5.41) is 4.01. The maximum absolute atomic E-state index is 12.7. The molecule has 166 valence electrons. The predicted molar refractivity (Wildman–Crippen MR) is 127 cm³/mol. The molecule has 2 aromatic carbocycles. The quantitative estimate of drug-likeness (QED) is 0.602. The van der Waals surface area contributed by atoms with Gasteiger partial charge in [0.1, 0.15) is 5.69 Å². The van der Waals surface area contributed by atoms with Crippen LogP contribution in [0.3, 0.4) is 0 Å². The Labute approximate surface area is 188 Å². The van der Waals surface area contributed by atoms with Gasteiger partial charge < -0.3 is 20.1 Å². The van der Waals surface area contributed by atoms with Gasteiger partial charge >= 0.3 is 0 Å². The lowest BCUT2D eigenvalue weighted by Crippen LogP contribution is -2.31. The molecule has 6 heteroatoms. The molecule has 0 radical (unpaired) electrons. The Balaban J connectivity index is 1.19. The number of benzene rings is 2. The van der Waals surface area contributed by atoms with Gasteiger partial charge in [-0.15, -0.1) is 0 Å². The number of anilines is 1. The third-order valence-corrected chi connectivity index (χ3v) is 6.79. The van der Waals surface area contributed by atoms with Crippen LogP contribution < -0.4 is 10.2 Å². The van der Waals surface area contributed by atoms with Gasteiger partial charge in [-0.05, 0) is 56.8 Å². The zero-order valence-corrected chi connectivity index (χ0v) is 18.7. The number of H-pyrrole nitrogens is 1. The number of carbonyl (C=O) groups excluding carboxylic acids is 2. The Bertz CT molecular complexity index is 1110. The number of hydrogen-bond acceptors (Lipinski definition) is 3. The first-order valence-electron chi connectivity index (χ1n) is 11.4. The number of aromatic amines is 1. The molecule has 1 saturated carbocycles. The zero-order chi connectivity index (χ0) is 22.3. The second kappa shape index (κ2) is 8.10. The third-order valence-electron chi connectivity index (χ3n) is 6.79. The third kappa shape index (κ3) is 4.02. The minimum absolute atomic E-state index is 0.110. The van der Waals surface area contributed by atoms with Gasteiger partial charge in [0, 0.05) is 54.0 Å². The first-order chi connectivity index (χ1) is 15.4. The summed E-state index contributed by atoms with van der Waals surface area (Å²) in [6.45, 7) is 2.18. The molecule has 6 nitrogen and oxygen atoms in total. The van der Waals surface area contributed by atoms with E-state index in [1.165, 1.54) is 18.4 Å². The van der Waals surface area contributed by atoms with Crippen molar-refractivity contribution in [2.45, 2.75) is 24.7 Å². The Morgan fingerprint density at radius 1 is 1.16 bits per heavy atom. The van der Waals surface area contributed by atoms with Gasteiger partial charge in [0.25, 0.3) is 5.91 Å². The lowest BCUT2D eigenvalue weighted by Gasteiger charge is -2.22. The van der Waals surface area contributed by atoms with Crippen LogP contribution in [0.5, 0.6) is 0 Å². The number of nitrogens with one attached hydrogen (secondary N) is 2. The van der Waals surface area contributed by atoms with E-state index in [1.807, 2.05) is 35.2 Å². The second-order valence-electron chi connectivity index (χ2n) is 9.62. The van der Waals surface area contributed by atoms with Crippen LogP contribution in [0.25, 0.3) is 10.9 Å². The van der Waals surface area contributed by atoms with Crippen LogP contribution >= 0.6 is 0 Å². The Hall–Kier alpha value is -3.12. The average molecular weight is 431 g/mol. The van der Waals surface area contributed by atoms with Crippen molar-refractivity contribution >= 4 is 28.4 Å². The number of carbonyl (C=O) groups is 2. The summed E-state index contributed by atoms with van der Waals surface area (Å²) in [7, 11) is 4.24. The standard InChI is InChI=1S/C26H30N4O2/c1-29(2)17-26(11-12-26)20-7-9-21(10-8-20)30-16-18(13-24(30)31)15-27-25(32)23-14-19-5-3-4-6-22(19)28-23/h3-10,14,18,28H,11-13,15-17H2,1-2H3,(H,27,32). The number of amides is 2. The topological polar surface area (TPSA) is 68.4 Å². The van der Waals surface area contributed by atoms with E-state index in [1.54, 1.807) is 0 Å². The number of hydrogen-bond donors (Lipinski definition) is 2. The highest BCUT2D eigenvalue weighted by Crippen LogP contribution is 2.48. The minimum Gasteiger partial charge on any atom is -0.351 e. The average Bonchev–Trinajstić information content (AvgIpc) is 3.26. The maximum Gasteiger partial charge on any atom is 0.267 e. The summed E-state index contributed by atoms with van der Waals surface area (Å²) in [6, 6.07) is 18.2. The van der Waals surface area contributed by atoms with Crippen molar-refractivity contribution in [3.8, 4) is 0 Å². The van der Waals surface area contributed by atoms with Crippen LogP contribution in [0.2, 0.25) is 0 Å². The number of nitrogens with zero attached hydrogens (tertiary/aromatic N) is 2. The molecule has 32 heavy (non-hydrogen) atoms. The van der Waals surface area contributed by atoms with Crippen LogP contribution in [-0.4, -0.2) is 55.4 Å². The van der Waals surface area contributed by atoms with E-state index in [0.29, 0.717) is 25.2 Å². The van der Waals surface area contributed by atoms with Crippen molar-refractivity contribution in [1.29, 1.82) is 0 Å². The number of para-hydroxylation sites is 1. The van der Waals surface area contributed by atoms with E-state index in [9.17, 15) is 9.59 Å². The van der Waals surface area contributed by atoms with E-state index in [0.717, 1.165) is 23.1 Å². The molecule has 0 spiro atoms. The molecule has 1 unspecified atom stereocenters. The van der Waals surface area contributed by atoms with Crippen molar-refractivity contribution in [3.05, 3.63) is 65.9 Å². The molecule has 1 aliphatic heterocycles. The molecular formula is C26H30N4O2. The molecule has 5 rings (SSSR count). The normalized spacial score (nSPS) is 19.7. The molecule has 0 bridgehead atoms. The first kappa shape index (κ1) is 20.8. The van der Waals surface area contributed by atoms with Gasteiger partial charge in [-0.1, -0.05) is 30.3 Å². The highest BCUT2D eigenvalue weighted by atomic mass is 16.2. The van der Waals surface area contributed by atoms with E-state index in [4.69, 9.17) is 0 Å². The van der Waals surface area contributed by atoms with Crippen LogP contribution in [0.15, 0.2) is 54.6 Å². The van der Waals surface area contributed by atoms with Crippen molar-refractivity contribution in [2.75, 3.05) is 38.6 Å². The fourth-order valence-electron chi connectivity index (χ4n) is 4.99. The van der Waals surface area contributed by atoms with E-state index in [-0.39, 0.29) is 23.1 Å². The van der Waals surface area contributed by atoms with Gasteiger partial charge in [0.15, 0.2) is 0 Å². The summed E-state index contributed by atoms with van der Waals surface area (Å²) in [6.07, 6.45) is 2.91. The summed E-state index contributed by atoms with van der Waals surface area (Å²) in [5.41, 5.74) is 4.09. The smallest absolute Gasteiger partial charge is 0.267 e. The highest BCUT2D eigenvalue weighted by Gasteiger charge is 2.44. The summed E-state index contributed by atoms with van der Waals surface area (Å²) >= 11 is 0. The number of fused-ring (bicyclic) bond motifs is 1. The molecular weight excluding hydrogens is 400 g/mol. The Morgan fingerprint density at radius 3 is 2.59 bits per heavy atom. The van der Waals surface area contributed by atoms with E-state index >= 15 is 0 Å². The molecule has 2 aliphatic rings. The summed E-state index contributed by atoms with van der Waals surface area (Å²) in [5.74, 6) is 0.100. The Kier molecular flexibility index (Phi) is 5.25. The molecule has 1 aromatic heterocycles. The lowest BCUT2D eigenvalue weighted by atomic mass is 9.95. The molecule has 1 saturated heterocycles. The number of likely N-dealkylation sites (N-methyl/N-ethyl adjacent to an activating group) is 1. The van der Waals surface area contributed by atoms with Crippen molar-refractivity contribution in [2.24, 2.45) is 5.92 Å². The van der Waals surface area contributed by atoms with Gasteiger partial charge in [0.05, 0.1) is 0 Å². The zero-order valence-electron chi connectivity index (χ0n) is 18.7. The second-order valence-corrected chi connectivity index (χ2v) is 9.62. The Morgan fingerprint density at radius 2 is 1.91 bits per heavy atom. The fraction of sp³-hybridized carbons (Fsp3) is 0.385. The molecule has 2 N–H and O–H groups in total. The van der Waals surface area contributed by atoms with Gasteiger partial charge in [-0.25, -0.2) is 0 Å². The maximum atomic E-state index is 12.7. The van der Waals surface area contributed by atoms with Gasteiger partial charge in [-0.3, -0.25) is 9.59 Å². The van der Waals surface area contributed by atoms with Crippen molar-refractivity contribution in [3.63, 3.8) is 0 Å². The van der Waals surface area contributed by atoms with E-state index in [2.05, 4.69) is 53.6 Å². The van der Waals surface area contributed by atoms with Crippen molar-refractivity contribution < 1.29 is 9.59 Å². The fourth-order valence-corrected chi connectivity index (χ4v) is 4.99. The van der Waals surface area contributed by atoms with Crippen LogP contribution in [0.1, 0.15) is 35.3 Å².